The highest BCUT2D eigenvalue weighted by Crippen LogP contribution is 2.31. The minimum absolute atomic E-state index is 0.651. The fourth-order valence-electron chi connectivity index (χ4n) is 3.26. The van der Waals surface area contributed by atoms with Crippen molar-refractivity contribution in [2.45, 2.75) is 32.0 Å². The standard InChI is InChI=1S/C12H21N3/c1-9-4-6-15-11(8-14-12(9)15)10-3-2-5-13-7-10/h3,9,11-14H,2,4-8H2,1H3. The Hall–Kier alpha value is -0.380. The molecule has 84 valence electrons. The molecule has 0 bridgehead atoms. The highest BCUT2D eigenvalue weighted by atomic mass is 15.4. The van der Waals surface area contributed by atoms with Gasteiger partial charge in [-0.25, -0.2) is 0 Å². The van der Waals surface area contributed by atoms with E-state index >= 15 is 0 Å². The molecule has 3 heteroatoms. The van der Waals surface area contributed by atoms with E-state index in [-0.39, 0.29) is 0 Å². The minimum atomic E-state index is 0.651. The van der Waals surface area contributed by atoms with Crippen molar-refractivity contribution >= 4 is 0 Å². The van der Waals surface area contributed by atoms with Crippen molar-refractivity contribution < 1.29 is 0 Å². The Bertz CT molecular complexity index is 274. The van der Waals surface area contributed by atoms with Gasteiger partial charge in [0.1, 0.15) is 0 Å². The number of nitrogens with one attached hydrogen (secondary N) is 2. The second-order valence-corrected chi connectivity index (χ2v) is 5.12. The molecule has 0 aliphatic carbocycles. The Morgan fingerprint density at radius 2 is 2.40 bits per heavy atom. The molecule has 3 aliphatic rings. The van der Waals surface area contributed by atoms with Crippen molar-refractivity contribution in [2.24, 2.45) is 5.92 Å². The van der Waals surface area contributed by atoms with E-state index in [4.69, 9.17) is 0 Å². The maximum absolute atomic E-state index is 3.67. The molecule has 3 unspecified atom stereocenters. The third kappa shape index (κ3) is 1.63. The van der Waals surface area contributed by atoms with Gasteiger partial charge in [0.2, 0.25) is 0 Å². The largest absolute Gasteiger partial charge is 0.313 e. The van der Waals surface area contributed by atoms with Gasteiger partial charge >= 0.3 is 0 Å². The Kier molecular flexibility index (Phi) is 2.54. The van der Waals surface area contributed by atoms with Crippen LogP contribution in [0.1, 0.15) is 19.8 Å². The summed E-state index contributed by atoms with van der Waals surface area (Å²) in [6.45, 7) is 7.06. The van der Waals surface area contributed by atoms with Crippen LogP contribution >= 0.6 is 0 Å². The zero-order valence-corrected chi connectivity index (χ0v) is 9.50. The van der Waals surface area contributed by atoms with Gasteiger partial charge in [-0.2, -0.15) is 0 Å². The highest BCUT2D eigenvalue weighted by Gasteiger charge is 2.41. The molecule has 0 aromatic carbocycles. The number of nitrogens with zero attached hydrogens (tertiary/aromatic N) is 1. The van der Waals surface area contributed by atoms with E-state index in [1.807, 2.05) is 0 Å². The van der Waals surface area contributed by atoms with Crippen LogP contribution < -0.4 is 10.6 Å². The maximum atomic E-state index is 3.67. The first-order valence-corrected chi connectivity index (χ1v) is 6.25. The highest BCUT2D eigenvalue weighted by molar-refractivity contribution is 5.19. The van der Waals surface area contributed by atoms with E-state index in [0.717, 1.165) is 25.6 Å². The van der Waals surface area contributed by atoms with Crippen LogP contribution in [0.3, 0.4) is 0 Å². The average Bonchev–Trinajstić information content (AvgIpc) is 2.83. The Morgan fingerprint density at radius 1 is 1.47 bits per heavy atom. The van der Waals surface area contributed by atoms with Crippen molar-refractivity contribution in [3.05, 3.63) is 11.6 Å². The molecule has 0 radical (unpaired) electrons. The van der Waals surface area contributed by atoms with Crippen LogP contribution in [0, 0.1) is 5.92 Å². The van der Waals surface area contributed by atoms with Crippen molar-refractivity contribution in [3.63, 3.8) is 0 Å². The molecule has 0 spiro atoms. The van der Waals surface area contributed by atoms with Gasteiger partial charge in [-0.1, -0.05) is 13.0 Å². The first kappa shape index (κ1) is 9.82. The Balaban J connectivity index is 1.75. The Labute approximate surface area is 91.9 Å². The first-order chi connectivity index (χ1) is 7.36. The van der Waals surface area contributed by atoms with Gasteiger partial charge in [0, 0.05) is 25.7 Å². The van der Waals surface area contributed by atoms with Gasteiger partial charge in [-0.15, -0.1) is 0 Å². The van der Waals surface area contributed by atoms with E-state index in [1.54, 1.807) is 5.57 Å². The average molecular weight is 207 g/mol. The molecule has 3 atom stereocenters. The second-order valence-electron chi connectivity index (χ2n) is 5.12. The van der Waals surface area contributed by atoms with Gasteiger partial charge in [0.25, 0.3) is 0 Å². The lowest BCUT2D eigenvalue weighted by Gasteiger charge is -2.27. The smallest absolute Gasteiger partial charge is 0.0630 e. The van der Waals surface area contributed by atoms with Crippen molar-refractivity contribution in [1.82, 2.24) is 15.5 Å². The van der Waals surface area contributed by atoms with Crippen molar-refractivity contribution in [2.75, 3.05) is 26.2 Å². The summed E-state index contributed by atoms with van der Waals surface area (Å²) in [5, 5.41) is 7.15. The maximum Gasteiger partial charge on any atom is 0.0630 e. The molecule has 3 heterocycles. The molecule has 3 aliphatic heterocycles. The van der Waals surface area contributed by atoms with Crippen LogP contribution in [0.2, 0.25) is 0 Å². The SMILES string of the molecule is CC1CCN2C(C3=CCCNC3)CNC12. The van der Waals surface area contributed by atoms with Crippen LogP contribution in [0.4, 0.5) is 0 Å². The van der Waals surface area contributed by atoms with E-state index in [2.05, 4.69) is 28.5 Å². The van der Waals surface area contributed by atoms with Gasteiger partial charge in [-0.05, 0) is 30.9 Å². The van der Waals surface area contributed by atoms with E-state index < -0.39 is 0 Å². The summed E-state index contributed by atoms with van der Waals surface area (Å²) in [5.74, 6) is 0.826. The fourth-order valence-corrected chi connectivity index (χ4v) is 3.26. The zero-order chi connectivity index (χ0) is 10.3. The summed E-state index contributed by atoms with van der Waals surface area (Å²) in [5.41, 5.74) is 1.62. The van der Waals surface area contributed by atoms with E-state index in [0.29, 0.717) is 12.2 Å². The molecule has 2 N–H and O–H groups in total. The van der Waals surface area contributed by atoms with Crippen LogP contribution in [0.25, 0.3) is 0 Å². The molecular formula is C12H21N3. The van der Waals surface area contributed by atoms with Gasteiger partial charge in [0.15, 0.2) is 0 Å². The van der Waals surface area contributed by atoms with Gasteiger partial charge in [0.05, 0.1) is 6.17 Å². The molecular weight excluding hydrogens is 186 g/mol. The van der Waals surface area contributed by atoms with Crippen molar-refractivity contribution in [1.29, 1.82) is 0 Å². The molecule has 0 aromatic rings. The van der Waals surface area contributed by atoms with Crippen LogP contribution in [-0.2, 0) is 0 Å². The van der Waals surface area contributed by atoms with Gasteiger partial charge < -0.3 is 5.32 Å². The van der Waals surface area contributed by atoms with E-state index in [1.165, 1.54) is 19.4 Å². The van der Waals surface area contributed by atoms with Crippen LogP contribution in [-0.4, -0.2) is 43.3 Å². The number of rotatable bonds is 1. The monoisotopic (exact) mass is 207 g/mol. The zero-order valence-electron chi connectivity index (χ0n) is 9.50. The topological polar surface area (TPSA) is 27.3 Å². The molecule has 0 aromatic heterocycles. The first-order valence-electron chi connectivity index (χ1n) is 6.25. The minimum Gasteiger partial charge on any atom is -0.313 e. The quantitative estimate of drug-likeness (QED) is 0.615. The summed E-state index contributed by atoms with van der Waals surface area (Å²) in [7, 11) is 0. The number of fused-ring (bicyclic) bond motifs is 1. The van der Waals surface area contributed by atoms with Gasteiger partial charge in [-0.3, -0.25) is 10.2 Å². The predicted molar refractivity (Wildman–Crippen MR) is 61.6 cm³/mol. The summed E-state index contributed by atoms with van der Waals surface area (Å²) < 4.78 is 0. The number of hydrogen-bond donors (Lipinski definition) is 2. The van der Waals surface area contributed by atoms with Crippen LogP contribution in [0.15, 0.2) is 11.6 Å². The molecule has 0 amide bonds. The second kappa shape index (κ2) is 3.89. The Morgan fingerprint density at radius 3 is 3.20 bits per heavy atom. The summed E-state index contributed by atoms with van der Waals surface area (Å²) in [6.07, 6.45) is 5.67. The molecule has 15 heavy (non-hydrogen) atoms. The molecule has 0 saturated carbocycles. The summed E-state index contributed by atoms with van der Waals surface area (Å²) in [6, 6.07) is 0.674. The lowest BCUT2D eigenvalue weighted by molar-refractivity contribution is 0.241. The summed E-state index contributed by atoms with van der Waals surface area (Å²) in [4.78, 5) is 2.67. The van der Waals surface area contributed by atoms with Crippen LogP contribution in [0.5, 0.6) is 0 Å². The molecule has 3 rings (SSSR count). The normalized spacial score (nSPS) is 41.7. The lowest BCUT2D eigenvalue weighted by Crippen LogP contribution is -2.39. The van der Waals surface area contributed by atoms with E-state index in [9.17, 15) is 0 Å². The molecule has 2 saturated heterocycles. The summed E-state index contributed by atoms with van der Waals surface area (Å²) >= 11 is 0. The molecule has 2 fully saturated rings. The fraction of sp³-hybridized carbons (Fsp3) is 0.833. The third-order valence-corrected chi connectivity index (χ3v) is 4.14. The molecule has 3 nitrogen and oxygen atoms in total. The third-order valence-electron chi connectivity index (χ3n) is 4.14. The predicted octanol–water partition coefficient (Wildman–Crippen LogP) is 0.546. The lowest BCUT2D eigenvalue weighted by atomic mass is 10.0. The number of hydrogen-bond acceptors (Lipinski definition) is 3. The van der Waals surface area contributed by atoms with Crippen molar-refractivity contribution in [3.8, 4) is 0 Å².